The van der Waals surface area contributed by atoms with Crippen molar-refractivity contribution in [2.24, 2.45) is 0 Å². The first-order valence-corrected chi connectivity index (χ1v) is 24.2. The van der Waals surface area contributed by atoms with Gasteiger partial charge in [-0.2, -0.15) is 0 Å². The first-order valence-electron chi connectivity index (χ1n) is 24.2. The number of hydrogen-bond donors (Lipinski definition) is 4. The molecule has 1 saturated heterocycles. The fourth-order valence-electron chi connectivity index (χ4n) is 6.78. The highest BCUT2D eigenvalue weighted by Gasteiger charge is 2.44. The highest BCUT2D eigenvalue weighted by Crippen LogP contribution is 2.22. The summed E-state index contributed by atoms with van der Waals surface area (Å²) < 4.78 is 22.8. The number of carbonyl (C=O) groups is 1. The number of carbonyl (C=O) groups excluding carboxylic acids is 1. The van der Waals surface area contributed by atoms with Crippen molar-refractivity contribution < 1.29 is 44.2 Å². The van der Waals surface area contributed by atoms with E-state index in [1.54, 1.807) is 0 Å². The summed E-state index contributed by atoms with van der Waals surface area (Å²) in [5, 5.41) is 40.2. The lowest BCUT2D eigenvalue weighted by molar-refractivity contribution is -0.305. The monoisotopic (exact) mass is 857 g/mol. The van der Waals surface area contributed by atoms with Gasteiger partial charge in [0.2, 0.25) is 0 Å². The molecular weight excluding hydrogens is 769 g/mol. The minimum Gasteiger partial charge on any atom is -0.457 e. The minimum atomic E-state index is -1.55. The SMILES string of the molecule is CC/C=C\C/C=C\C/C=C\C/C=C\C/C=C\CCCCCC(=O)OC(COCCCCCCCCCC/C=C\C/C=C\CCCCCC)COC1OC(CO)C(O)C(O)C1O. The van der Waals surface area contributed by atoms with Gasteiger partial charge in [-0.1, -0.05) is 163 Å². The number of allylic oxidation sites excluding steroid dienone is 14. The van der Waals surface area contributed by atoms with Crippen LogP contribution in [0.4, 0.5) is 0 Å². The Morgan fingerprint density at radius 1 is 0.541 bits per heavy atom. The molecule has 0 amide bonds. The van der Waals surface area contributed by atoms with Crippen LogP contribution in [-0.2, 0) is 23.7 Å². The van der Waals surface area contributed by atoms with Crippen molar-refractivity contribution in [3.8, 4) is 0 Å². The molecule has 0 aliphatic carbocycles. The highest BCUT2D eigenvalue weighted by atomic mass is 16.7. The fourth-order valence-corrected chi connectivity index (χ4v) is 6.78. The summed E-state index contributed by atoms with van der Waals surface area (Å²) in [5.41, 5.74) is 0. The molecular formula is C52H88O9. The molecule has 1 fully saturated rings. The fraction of sp³-hybridized carbons (Fsp3) is 0.712. The maximum atomic E-state index is 12.8. The Bertz CT molecular complexity index is 1200. The summed E-state index contributed by atoms with van der Waals surface area (Å²) in [5.74, 6) is -0.349. The second kappa shape index (κ2) is 42.7. The van der Waals surface area contributed by atoms with E-state index in [0.717, 1.165) is 83.5 Å². The molecule has 1 aliphatic rings. The summed E-state index contributed by atoms with van der Waals surface area (Å²) >= 11 is 0. The van der Waals surface area contributed by atoms with Gasteiger partial charge in [0.15, 0.2) is 6.29 Å². The number of aliphatic hydroxyl groups excluding tert-OH is 4. The van der Waals surface area contributed by atoms with E-state index in [9.17, 15) is 25.2 Å². The molecule has 4 N–H and O–H groups in total. The topological polar surface area (TPSA) is 135 Å². The summed E-state index contributed by atoms with van der Waals surface area (Å²) in [7, 11) is 0. The molecule has 61 heavy (non-hydrogen) atoms. The number of esters is 1. The maximum Gasteiger partial charge on any atom is 0.306 e. The van der Waals surface area contributed by atoms with Crippen LogP contribution in [0.1, 0.15) is 174 Å². The third kappa shape index (κ3) is 33.6. The van der Waals surface area contributed by atoms with Crippen molar-refractivity contribution >= 4 is 5.97 Å². The average Bonchev–Trinajstić information content (AvgIpc) is 3.26. The first-order chi connectivity index (χ1) is 29.9. The number of ether oxygens (including phenoxy) is 4. The zero-order valence-corrected chi connectivity index (χ0v) is 38.4. The van der Waals surface area contributed by atoms with Crippen LogP contribution in [0.3, 0.4) is 0 Å². The summed E-state index contributed by atoms with van der Waals surface area (Å²) in [6.07, 6.45) is 50.3. The Morgan fingerprint density at radius 2 is 1.00 bits per heavy atom. The zero-order valence-electron chi connectivity index (χ0n) is 38.4. The highest BCUT2D eigenvalue weighted by molar-refractivity contribution is 5.69. The molecule has 9 nitrogen and oxygen atoms in total. The van der Waals surface area contributed by atoms with Crippen molar-refractivity contribution in [1.29, 1.82) is 0 Å². The van der Waals surface area contributed by atoms with Gasteiger partial charge < -0.3 is 39.4 Å². The van der Waals surface area contributed by atoms with Crippen LogP contribution in [0, 0.1) is 0 Å². The average molecular weight is 857 g/mol. The second-order valence-corrected chi connectivity index (χ2v) is 16.2. The number of unbranched alkanes of at least 4 members (excludes halogenated alkanes) is 15. The van der Waals surface area contributed by atoms with Crippen LogP contribution in [-0.4, -0.2) is 89.6 Å². The Balaban J connectivity index is 2.28. The van der Waals surface area contributed by atoms with E-state index in [2.05, 4.69) is 98.9 Å². The lowest BCUT2D eigenvalue weighted by atomic mass is 9.99. The molecule has 350 valence electrons. The van der Waals surface area contributed by atoms with E-state index in [4.69, 9.17) is 18.9 Å². The summed E-state index contributed by atoms with van der Waals surface area (Å²) in [6, 6.07) is 0. The third-order valence-corrected chi connectivity index (χ3v) is 10.5. The van der Waals surface area contributed by atoms with E-state index in [1.165, 1.54) is 64.2 Å². The van der Waals surface area contributed by atoms with E-state index in [0.29, 0.717) is 13.0 Å². The van der Waals surface area contributed by atoms with Crippen molar-refractivity contribution in [1.82, 2.24) is 0 Å². The van der Waals surface area contributed by atoms with Crippen molar-refractivity contribution in [3.05, 3.63) is 85.1 Å². The molecule has 0 radical (unpaired) electrons. The number of aliphatic hydroxyl groups is 4. The van der Waals surface area contributed by atoms with Gasteiger partial charge in [-0.3, -0.25) is 4.79 Å². The molecule has 1 rings (SSSR count). The van der Waals surface area contributed by atoms with E-state index in [-0.39, 0.29) is 25.6 Å². The lowest BCUT2D eigenvalue weighted by Gasteiger charge is -2.39. The standard InChI is InChI=1S/C52H88O9/c1-3-5-7-9-11-13-15-17-19-21-23-25-27-29-31-33-35-37-39-41-48(54)60-46(45-59-52-51(57)50(56)49(55)47(43-53)61-52)44-58-42-40-38-36-34-32-30-28-26-24-22-20-18-16-14-12-10-8-6-4-2/h5,7,11,13-14,16-17,19-20,22-23,25,29,31,46-47,49-53,55-57H,3-4,6,8-10,12,15,18,21,24,26-28,30,32-45H2,1-2H3/b7-5-,13-11-,16-14-,19-17-,22-20-,25-23-,31-29-. The van der Waals surface area contributed by atoms with Gasteiger partial charge in [0.1, 0.15) is 30.5 Å². The molecule has 1 heterocycles. The van der Waals surface area contributed by atoms with Crippen LogP contribution in [0.15, 0.2) is 85.1 Å². The van der Waals surface area contributed by atoms with Crippen molar-refractivity contribution in [2.45, 2.75) is 211 Å². The Labute approximate surface area is 371 Å². The van der Waals surface area contributed by atoms with Crippen LogP contribution < -0.4 is 0 Å². The van der Waals surface area contributed by atoms with Gasteiger partial charge in [0.05, 0.1) is 19.8 Å². The molecule has 0 aromatic rings. The quantitative estimate of drug-likeness (QED) is 0.0270. The van der Waals surface area contributed by atoms with Gasteiger partial charge >= 0.3 is 5.97 Å². The smallest absolute Gasteiger partial charge is 0.306 e. The molecule has 0 aromatic carbocycles. The predicted octanol–water partition coefficient (Wildman–Crippen LogP) is 11.4. The lowest BCUT2D eigenvalue weighted by Crippen LogP contribution is -2.59. The first kappa shape index (κ1) is 56.4. The van der Waals surface area contributed by atoms with Crippen molar-refractivity contribution in [2.75, 3.05) is 26.4 Å². The Morgan fingerprint density at radius 3 is 1.51 bits per heavy atom. The van der Waals surface area contributed by atoms with Crippen LogP contribution in [0.2, 0.25) is 0 Å². The third-order valence-electron chi connectivity index (χ3n) is 10.5. The van der Waals surface area contributed by atoms with Gasteiger partial charge in [0.25, 0.3) is 0 Å². The van der Waals surface area contributed by atoms with E-state index >= 15 is 0 Å². The predicted molar refractivity (Wildman–Crippen MR) is 251 cm³/mol. The van der Waals surface area contributed by atoms with Gasteiger partial charge in [0, 0.05) is 13.0 Å². The van der Waals surface area contributed by atoms with E-state index < -0.39 is 43.4 Å². The molecule has 0 aromatic heterocycles. The largest absolute Gasteiger partial charge is 0.457 e. The van der Waals surface area contributed by atoms with Gasteiger partial charge in [-0.15, -0.1) is 0 Å². The molecule has 0 spiro atoms. The number of hydrogen-bond acceptors (Lipinski definition) is 9. The maximum absolute atomic E-state index is 12.8. The Hall–Kier alpha value is -2.63. The van der Waals surface area contributed by atoms with Crippen LogP contribution in [0.25, 0.3) is 0 Å². The summed E-state index contributed by atoms with van der Waals surface area (Å²) in [4.78, 5) is 12.8. The van der Waals surface area contributed by atoms with Crippen LogP contribution in [0.5, 0.6) is 0 Å². The molecule has 6 atom stereocenters. The normalized spacial score (nSPS) is 20.7. The Kier molecular flexibility index (Phi) is 39.4. The van der Waals surface area contributed by atoms with Crippen LogP contribution >= 0.6 is 0 Å². The molecule has 9 heteroatoms. The van der Waals surface area contributed by atoms with E-state index in [1.807, 2.05) is 0 Å². The molecule has 6 unspecified atom stereocenters. The van der Waals surface area contributed by atoms with Crippen molar-refractivity contribution in [3.63, 3.8) is 0 Å². The summed E-state index contributed by atoms with van der Waals surface area (Å²) in [6.45, 7) is 4.36. The minimum absolute atomic E-state index is 0.122. The number of rotatable bonds is 40. The zero-order chi connectivity index (χ0) is 44.3. The molecule has 0 bridgehead atoms. The van der Waals surface area contributed by atoms with Gasteiger partial charge in [-0.25, -0.2) is 0 Å². The van der Waals surface area contributed by atoms with Gasteiger partial charge in [-0.05, 0) is 89.9 Å². The molecule has 1 aliphatic heterocycles. The second-order valence-electron chi connectivity index (χ2n) is 16.2. The molecule has 0 saturated carbocycles.